The van der Waals surface area contributed by atoms with E-state index in [1.165, 1.54) is 18.2 Å². The predicted molar refractivity (Wildman–Crippen MR) is 88.5 cm³/mol. The average Bonchev–Trinajstić information content (AvgIpc) is 2.78. The summed E-state index contributed by atoms with van der Waals surface area (Å²) in [7, 11) is 2.08. The summed E-state index contributed by atoms with van der Waals surface area (Å²) in [5, 5.41) is 0. The lowest BCUT2D eigenvalue weighted by Crippen LogP contribution is -2.29. The molecule has 0 atom stereocenters. The zero-order chi connectivity index (χ0) is 17.9. The van der Waals surface area contributed by atoms with Crippen LogP contribution in [0.5, 0.6) is 5.75 Å². The van der Waals surface area contributed by atoms with Crippen LogP contribution in [0.25, 0.3) is 11.3 Å². The first-order chi connectivity index (χ1) is 11.9. The van der Waals surface area contributed by atoms with Crippen molar-refractivity contribution >= 4 is 5.82 Å². The van der Waals surface area contributed by atoms with Gasteiger partial charge in [0.2, 0.25) is 0 Å². The van der Waals surface area contributed by atoms with Crippen molar-refractivity contribution in [3.8, 4) is 17.0 Å². The molecule has 1 aromatic heterocycles. The molecule has 0 amide bonds. The number of hydrogen-bond donors (Lipinski definition) is 0. The summed E-state index contributed by atoms with van der Waals surface area (Å²) in [4.78, 5) is 13.2. The molecule has 0 N–H and O–H groups in total. The van der Waals surface area contributed by atoms with Gasteiger partial charge in [-0.05, 0) is 32.1 Å². The van der Waals surface area contributed by atoms with Gasteiger partial charge in [-0.15, -0.1) is 13.2 Å². The van der Waals surface area contributed by atoms with E-state index in [-0.39, 0.29) is 5.75 Å². The van der Waals surface area contributed by atoms with Crippen LogP contribution in [-0.4, -0.2) is 54.5 Å². The Bertz CT molecular complexity index is 723. The first-order valence-corrected chi connectivity index (χ1v) is 8.02. The van der Waals surface area contributed by atoms with E-state index in [1.54, 1.807) is 18.5 Å². The number of likely N-dealkylation sites (N-methyl/N-ethyl adjacent to an activating group) is 1. The van der Waals surface area contributed by atoms with Crippen LogP contribution in [0.1, 0.15) is 6.42 Å². The van der Waals surface area contributed by atoms with Crippen molar-refractivity contribution in [3.05, 3.63) is 36.7 Å². The number of rotatable bonds is 3. The second-order valence-electron chi connectivity index (χ2n) is 5.98. The Kier molecular flexibility index (Phi) is 5.08. The zero-order valence-corrected chi connectivity index (χ0v) is 13.8. The lowest BCUT2D eigenvalue weighted by Gasteiger charge is -2.21. The van der Waals surface area contributed by atoms with Crippen LogP contribution in [0.3, 0.4) is 0 Å². The zero-order valence-electron chi connectivity index (χ0n) is 13.8. The fourth-order valence-electron chi connectivity index (χ4n) is 2.78. The van der Waals surface area contributed by atoms with Crippen LogP contribution >= 0.6 is 0 Å². The predicted octanol–water partition coefficient (Wildman–Crippen LogP) is 3.18. The normalized spacial score (nSPS) is 16.6. The number of alkyl halides is 3. The fraction of sp³-hybridized carbons (Fsp3) is 0.412. The summed E-state index contributed by atoms with van der Waals surface area (Å²) < 4.78 is 41.1. The fourth-order valence-corrected chi connectivity index (χ4v) is 2.78. The van der Waals surface area contributed by atoms with Crippen LogP contribution in [-0.2, 0) is 0 Å². The Balaban J connectivity index is 1.83. The first kappa shape index (κ1) is 17.5. The van der Waals surface area contributed by atoms with Gasteiger partial charge in [0.15, 0.2) is 0 Å². The smallest absolute Gasteiger partial charge is 0.406 e. The van der Waals surface area contributed by atoms with Crippen molar-refractivity contribution in [1.29, 1.82) is 0 Å². The SMILES string of the molecule is CN1CCCN(c2cncc(-c3cccc(OC(F)(F)F)c3)n2)CC1. The summed E-state index contributed by atoms with van der Waals surface area (Å²) in [5.41, 5.74) is 1.05. The first-order valence-electron chi connectivity index (χ1n) is 8.02. The Morgan fingerprint density at radius 3 is 2.72 bits per heavy atom. The standard InChI is InChI=1S/C17H19F3N4O/c1-23-6-3-7-24(9-8-23)16-12-21-11-15(22-16)13-4-2-5-14(10-13)25-17(18,19)20/h2,4-5,10-12H,3,6-9H2,1H3. The molecule has 3 rings (SSSR count). The molecule has 2 heterocycles. The summed E-state index contributed by atoms with van der Waals surface area (Å²) in [6, 6.07) is 5.77. The minimum atomic E-state index is -4.72. The second-order valence-corrected chi connectivity index (χ2v) is 5.98. The van der Waals surface area contributed by atoms with Crippen molar-refractivity contribution in [2.45, 2.75) is 12.8 Å². The molecule has 1 aromatic carbocycles. The number of nitrogens with zero attached hydrogens (tertiary/aromatic N) is 4. The van der Waals surface area contributed by atoms with Crippen molar-refractivity contribution in [2.75, 3.05) is 38.1 Å². The number of halogens is 3. The summed E-state index contributed by atoms with van der Waals surface area (Å²) >= 11 is 0. The maximum atomic E-state index is 12.4. The third-order valence-corrected chi connectivity index (χ3v) is 4.03. The highest BCUT2D eigenvalue weighted by Crippen LogP contribution is 2.27. The molecule has 0 bridgehead atoms. The number of benzene rings is 1. The van der Waals surface area contributed by atoms with Gasteiger partial charge in [-0.2, -0.15) is 0 Å². The second kappa shape index (κ2) is 7.26. The van der Waals surface area contributed by atoms with Gasteiger partial charge in [0.05, 0.1) is 18.1 Å². The van der Waals surface area contributed by atoms with Gasteiger partial charge in [0.1, 0.15) is 11.6 Å². The van der Waals surface area contributed by atoms with Gasteiger partial charge < -0.3 is 14.5 Å². The van der Waals surface area contributed by atoms with Gasteiger partial charge in [0.25, 0.3) is 0 Å². The lowest BCUT2D eigenvalue weighted by atomic mass is 10.1. The van der Waals surface area contributed by atoms with E-state index in [4.69, 9.17) is 0 Å². The molecule has 0 saturated carbocycles. The lowest BCUT2D eigenvalue weighted by molar-refractivity contribution is -0.274. The van der Waals surface area contributed by atoms with E-state index in [0.717, 1.165) is 38.4 Å². The molecule has 1 aliphatic heterocycles. The molecule has 8 heteroatoms. The summed E-state index contributed by atoms with van der Waals surface area (Å²) in [5.74, 6) is 0.462. The minimum Gasteiger partial charge on any atom is -0.406 e. The van der Waals surface area contributed by atoms with Crippen LogP contribution in [0.2, 0.25) is 0 Å². The quantitative estimate of drug-likeness (QED) is 0.849. The molecule has 5 nitrogen and oxygen atoms in total. The molecular weight excluding hydrogens is 333 g/mol. The Hall–Kier alpha value is -2.35. The van der Waals surface area contributed by atoms with Crippen LogP contribution < -0.4 is 9.64 Å². The largest absolute Gasteiger partial charge is 0.573 e. The highest BCUT2D eigenvalue weighted by Gasteiger charge is 2.31. The van der Waals surface area contributed by atoms with E-state index in [0.29, 0.717) is 11.3 Å². The van der Waals surface area contributed by atoms with E-state index < -0.39 is 6.36 Å². The van der Waals surface area contributed by atoms with Gasteiger partial charge in [-0.25, -0.2) is 4.98 Å². The highest BCUT2D eigenvalue weighted by molar-refractivity contribution is 5.62. The van der Waals surface area contributed by atoms with Crippen LogP contribution in [0.4, 0.5) is 19.0 Å². The van der Waals surface area contributed by atoms with Crippen molar-refractivity contribution in [2.24, 2.45) is 0 Å². The Morgan fingerprint density at radius 1 is 1.08 bits per heavy atom. The molecule has 0 radical (unpaired) electrons. The van der Waals surface area contributed by atoms with Crippen molar-refractivity contribution < 1.29 is 17.9 Å². The van der Waals surface area contributed by atoms with Crippen molar-refractivity contribution in [1.82, 2.24) is 14.9 Å². The van der Waals surface area contributed by atoms with Gasteiger partial charge >= 0.3 is 6.36 Å². The monoisotopic (exact) mass is 352 g/mol. The highest BCUT2D eigenvalue weighted by atomic mass is 19.4. The molecule has 2 aromatic rings. The average molecular weight is 352 g/mol. The maximum absolute atomic E-state index is 12.4. The van der Waals surface area contributed by atoms with Crippen molar-refractivity contribution in [3.63, 3.8) is 0 Å². The Morgan fingerprint density at radius 2 is 1.92 bits per heavy atom. The molecule has 1 saturated heterocycles. The van der Waals surface area contributed by atoms with Crippen LogP contribution in [0, 0.1) is 0 Å². The third-order valence-electron chi connectivity index (χ3n) is 4.03. The maximum Gasteiger partial charge on any atom is 0.573 e. The molecule has 1 fully saturated rings. The number of ether oxygens (including phenoxy) is 1. The number of anilines is 1. The molecular formula is C17H19F3N4O. The third kappa shape index (κ3) is 4.82. The number of hydrogen-bond acceptors (Lipinski definition) is 5. The Labute approximate surface area is 144 Å². The molecule has 134 valence electrons. The molecule has 1 aliphatic rings. The topological polar surface area (TPSA) is 41.5 Å². The number of aromatic nitrogens is 2. The molecule has 25 heavy (non-hydrogen) atoms. The van der Waals surface area contributed by atoms with E-state index in [9.17, 15) is 13.2 Å². The summed E-state index contributed by atoms with van der Waals surface area (Å²) in [6.45, 7) is 3.67. The van der Waals surface area contributed by atoms with Gasteiger partial charge in [-0.3, -0.25) is 4.98 Å². The van der Waals surface area contributed by atoms with E-state index in [1.807, 2.05) is 0 Å². The molecule has 0 aliphatic carbocycles. The van der Waals surface area contributed by atoms with Gasteiger partial charge in [-0.1, -0.05) is 12.1 Å². The molecule has 0 unspecified atom stereocenters. The van der Waals surface area contributed by atoms with E-state index in [2.05, 4.69) is 31.6 Å². The minimum absolute atomic E-state index is 0.270. The van der Waals surface area contributed by atoms with E-state index >= 15 is 0 Å². The molecule has 0 spiro atoms. The van der Waals surface area contributed by atoms with Gasteiger partial charge in [0, 0.05) is 25.2 Å². The van der Waals surface area contributed by atoms with Crippen LogP contribution in [0.15, 0.2) is 36.7 Å². The summed E-state index contributed by atoms with van der Waals surface area (Å²) in [6.07, 6.45) is -0.466.